The summed E-state index contributed by atoms with van der Waals surface area (Å²) >= 11 is 5.90. The van der Waals surface area contributed by atoms with E-state index in [-0.39, 0.29) is 16.3 Å². The van der Waals surface area contributed by atoms with Gasteiger partial charge >= 0.3 is 0 Å². The second-order valence-corrected chi connectivity index (χ2v) is 4.55. The van der Waals surface area contributed by atoms with Gasteiger partial charge in [0.25, 0.3) is 5.69 Å². The maximum absolute atomic E-state index is 13.4. The Morgan fingerprint density at radius 1 is 1.24 bits per heavy atom. The van der Waals surface area contributed by atoms with Crippen LogP contribution in [0.5, 0.6) is 0 Å². The van der Waals surface area contributed by atoms with Crippen LogP contribution in [0.15, 0.2) is 48.5 Å². The summed E-state index contributed by atoms with van der Waals surface area (Å²) in [7, 11) is 0. The fraction of sp³-hybridized carbons (Fsp3) is 0. The highest BCUT2D eigenvalue weighted by atomic mass is 35.5. The number of hydrogen-bond donors (Lipinski definition) is 0. The number of rotatable bonds is 4. The van der Waals surface area contributed by atoms with Crippen molar-refractivity contribution in [3.05, 3.63) is 80.6 Å². The van der Waals surface area contributed by atoms with Crippen molar-refractivity contribution in [1.82, 2.24) is 0 Å². The van der Waals surface area contributed by atoms with Crippen molar-refractivity contribution >= 4 is 29.1 Å². The molecule has 0 heterocycles. The lowest BCUT2D eigenvalue weighted by molar-refractivity contribution is -0.384. The number of ketones is 1. The average molecular weight is 306 g/mol. The summed E-state index contributed by atoms with van der Waals surface area (Å²) in [5, 5.41) is 11.0. The van der Waals surface area contributed by atoms with Gasteiger partial charge in [0.1, 0.15) is 5.82 Å². The molecular weight excluding hydrogens is 297 g/mol. The molecule has 0 unspecified atom stereocenters. The number of hydrogen-bond acceptors (Lipinski definition) is 3. The third-order valence-electron chi connectivity index (χ3n) is 2.74. The first-order chi connectivity index (χ1) is 9.99. The highest BCUT2D eigenvalue weighted by Crippen LogP contribution is 2.23. The number of nitrogens with zero attached hydrogens (tertiary/aromatic N) is 1. The average Bonchev–Trinajstić information content (AvgIpc) is 2.46. The van der Waals surface area contributed by atoms with Gasteiger partial charge in [0, 0.05) is 17.2 Å². The van der Waals surface area contributed by atoms with E-state index in [2.05, 4.69) is 0 Å². The van der Waals surface area contributed by atoms with E-state index in [0.717, 1.165) is 6.08 Å². The predicted molar refractivity (Wildman–Crippen MR) is 77.9 cm³/mol. The molecule has 106 valence electrons. The summed E-state index contributed by atoms with van der Waals surface area (Å²) in [5.74, 6) is -1.17. The third-order valence-corrected chi connectivity index (χ3v) is 3.09. The van der Waals surface area contributed by atoms with Crippen LogP contribution in [0.25, 0.3) is 6.08 Å². The van der Waals surface area contributed by atoms with E-state index in [1.54, 1.807) is 6.07 Å². The first kappa shape index (κ1) is 14.9. The van der Waals surface area contributed by atoms with Crippen LogP contribution < -0.4 is 0 Å². The Morgan fingerprint density at radius 2 is 1.95 bits per heavy atom. The fourth-order valence-electron chi connectivity index (χ4n) is 1.69. The van der Waals surface area contributed by atoms with E-state index < -0.39 is 16.5 Å². The number of halogens is 2. The van der Waals surface area contributed by atoms with Gasteiger partial charge in [-0.15, -0.1) is 0 Å². The lowest BCUT2D eigenvalue weighted by atomic mass is 10.1. The minimum Gasteiger partial charge on any atom is -0.289 e. The van der Waals surface area contributed by atoms with Crippen LogP contribution in [-0.2, 0) is 0 Å². The molecule has 0 atom stereocenters. The molecule has 0 bridgehead atoms. The second-order valence-electron chi connectivity index (χ2n) is 4.14. The highest BCUT2D eigenvalue weighted by molar-refractivity contribution is 6.32. The van der Waals surface area contributed by atoms with Crippen molar-refractivity contribution < 1.29 is 14.1 Å². The normalized spacial score (nSPS) is 10.8. The van der Waals surface area contributed by atoms with Crippen LogP contribution in [0, 0.1) is 15.9 Å². The Balaban J connectivity index is 2.29. The van der Waals surface area contributed by atoms with Crippen LogP contribution in [-0.4, -0.2) is 10.7 Å². The summed E-state index contributed by atoms with van der Waals surface area (Å²) in [6, 6.07) is 9.44. The smallest absolute Gasteiger partial charge is 0.270 e. The summed E-state index contributed by atoms with van der Waals surface area (Å²) in [6.45, 7) is 0. The molecule has 0 aliphatic heterocycles. The van der Waals surface area contributed by atoms with Crippen molar-refractivity contribution in [1.29, 1.82) is 0 Å². The first-order valence-corrected chi connectivity index (χ1v) is 6.27. The number of carbonyl (C=O) groups is 1. The Morgan fingerprint density at radius 3 is 2.62 bits per heavy atom. The van der Waals surface area contributed by atoms with Gasteiger partial charge in [0.2, 0.25) is 0 Å². The minimum atomic E-state index is -0.628. The molecule has 0 N–H and O–H groups in total. The molecular formula is C15H9ClFNO3. The molecule has 0 saturated carbocycles. The maximum Gasteiger partial charge on any atom is 0.270 e. The SMILES string of the molecule is O=C(C=Cc1cc([N+](=O)[O-])ccc1Cl)c1ccccc1F. The molecule has 0 radical (unpaired) electrons. The standard InChI is InChI=1S/C15H9ClFNO3/c16-13-7-6-11(18(20)21)9-10(13)5-8-15(19)12-3-1-2-4-14(12)17/h1-9H. The number of allylic oxidation sites excluding steroid dienone is 1. The van der Waals surface area contributed by atoms with Gasteiger partial charge in [0.15, 0.2) is 5.78 Å². The van der Waals surface area contributed by atoms with E-state index in [1.165, 1.54) is 42.5 Å². The first-order valence-electron chi connectivity index (χ1n) is 5.90. The number of benzene rings is 2. The lowest BCUT2D eigenvalue weighted by Gasteiger charge is -1.99. The molecule has 0 fully saturated rings. The van der Waals surface area contributed by atoms with Gasteiger partial charge in [0.05, 0.1) is 10.5 Å². The number of carbonyl (C=O) groups excluding carboxylic acids is 1. The molecule has 6 heteroatoms. The number of non-ortho nitro benzene ring substituents is 1. The van der Waals surface area contributed by atoms with Crippen molar-refractivity contribution in [2.75, 3.05) is 0 Å². The molecule has 0 spiro atoms. The summed E-state index contributed by atoms with van der Waals surface area (Å²) < 4.78 is 13.4. The van der Waals surface area contributed by atoms with Crippen molar-refractivity contribution in [2.45, 2.75) is 0 Å². The maximum atomic E-state index is 13.4. The van der Waals surface area contributed by atoms with E-state index in [4.69, 9.17) is 11.6 Å². The Hall–Kier alpha value is -2.53. The van der Waals surface area contributed by atoms with Crippen LogP contribution >= 0.6 is 11.6 Å². The molecule has 0 aromatic heterocycles. The summed E-state index contributed by atoms with van der Waals surface area (Å²) in [6.07, 6.45) is 2.45. The molecule has 0 amide bonds. The van der Waals surface area contributed by atoms with Gasteiger partial charge in [-0.1, -0.05) is 23.7 Å². The van der Waals surface area contributed by atoms with E-state index in [0.29, 0.717) is 5.56 Å². The minimum absolute atomic E-state index is 0.0738. The predicted octanol–water partition coefficient (Wildman–Crippen LogP) is 4.28. The quantitative estimate of drug-likeness (QED) is 0.366. The van der Waals surface area contributed by atoms with Crippen LogP contribution in [0.1, 0.15) is 15.9 Å². The molecule has 2 aromatic rings. The highest BCUT2D eigenvalue weighted by Gasteiger charge is 2.10. The Kier molecular flexibility index (Phi) is 4.45. The number of nitro benzene ring substituents is 1. The molecule has 4 nitrogen and oxygen atoms in total. The molecule has 2 aromatic carbocycles. The van der Waals surface area contributed by atoms with Gasteiger partial charge in [-0.25, -0.2) is 4.39 Å². The van der Waals surface area contributed by atoms with E-state index >= 15 is 0 Å². The van der Waals surface area contributed by atoms with E-state index in [1.807, 2.05) is 0 Å². The fourth-order valence-corrected chi connectivity index (χ4v) is 1.87. The monoisotopic (exact) mass is 305 g/mol. The molecule has 0 saturated heterocycles. The van der Waals surface area contributed by atoms with Crippen LogP contribution in [0.3, 0.4) is 0 Å². The zero-order valence-electron chi connectivity index (χ0n) is 10.6. The second kappa shape index (κ2) is 6.28. The lowest BCUT2D eigenvalue weighted by Crippen LogP contribution is -1.97. The van der Waals surface area contributed by atoms with Gasteiger partial charge < -0.3 is 0 Å². The third kappa shape index (κ3) is 3.52. The van der Waals surface area contributed by atoms with Crippen molar-refractivity contribution in [2.24, 2.45) is 0 Å². The molecule has 21 heavy (non-hydrogen) atoms. The zero-order valence-corrected chi connectivity index (χ0v) is 11.4. The van der Waals surface area contributed by atoms with Gasteiger partial charge in [-0.3, -0.25) is 14.9 Å². The van der Waals surface area contributed by atoms with E-state index in [9.17, 15) is 19.3 Å². The largest absolute Gasteiger partial charge is 0.289 e. The molecule has 2 rings (SSSR count). The number of nitro groups is 1. The van der Waals surface area contributed by atoms with Gasteiger partial charge in [-0.05, 0) is 35.9 Å². The topological polar surface area (TPSA) is 60.2 Å². The zero-order chi connectivity index (χ0) is 15.4. The Labute approximate surface area is 124 Å². The summed E-state index contributed by atoms with van der Waals surface area (Å²) in [4.78, 5) is 22.0. The molecule has 0 aliphatic carbocycles. The summed E-state index contributed by atoms with van der Waals surface area (Å²) in [5.41, 5.74) is 0.100. The van der Waals surface area contributed by atoms with Crippen molar-refractivity contribution in [3.63, 3.8) is 0 Å². The molecule has 0 aliphatic rings. The van der Waals surface area contributed by atoms with Crippen molar-refractivity contribution in [3.8, 4) is 0 Å². The Bertz CT molecular complexity index is 743. The van der Waals surface area contributed by atoms with Crippen LogP contribution in [0.4, 0.5) is 10.1 Å². The van der Waals surface area contributed by atoms with Crippen LogP contribution in [0.2, 0.25) is 5.02 Å². The van der Waals surface area contributed by atoms with Gasteiger partial charge in [-0.2, -0.15) is 0 Å².